The van der Waals surface area contributed by atoms with Gasteiger partial charge in [0.1, 0.15) is 0 Å². The Morgan fingerprint density at radius 1 is 1.31 bits per heavy atom. The minimum absolute atomic E-state index is 0.236. The normalized spacial score (nSPS) is 10.9. The summed E-state index contributed by atoms with van der Waals surface area (Å²) in [6, 6.07) is 0. The first-order chi connectivity index (χ1) is 6.13. The van der Waals surface area contributed by atoms with Crippen molar-refractivity contribution in [2.24, 2.45) is 0 Å². The van der Waals surface area contributed by atoms with E-state index in [9.17, 15) is 4.79 Å². The summed E-state index contributed by atoms with van der Waals surface area (Å²) in [5.74, 6) is -0.270. The molecular weight excluding hydrogens is 174 g/mol. The van der Waals surface area contributed by atoms with Gasteiger partial charge in [0.2, 0.25) is 0 Å². The van der Waals surface area contributed by atoms with E-state index in [0.717, 1.165) is 0 Å². The molecule has 0 aromatic rings. The molecule has 0 unspecified atom stereocenters. The molecular formula is C8H17NO4. The minimum atomic E-state index is -0.311. The fourth-order valence-corrected chi connectivity index (χ4v) is 0.849. The van der Waals surface area contributed by atoms with Crippen LogP contribution in [0, 0.1) is 0 Å². The zero-order chi connectivity index (χ0) is 10.3. The number of likely N-dealkylation sites (N-methyl/N-ethyl adjacent to an activating group) is 1. The van der Waals surface area contributed by atoms with Crippen LogP contribution in [0.15, 0.2) is 0 Å². The molecule has 0 bridgehead atoms. The van der Waals surface area contributed by atoms with Crippen molar-refractivity contribution in [3.05, 3.63) is 0 Å². The maximum atomic E-state index is 10.8. The number of carbonyl (C=O) groups is 1. The second kappa shape index (κ2) is 6.82. The summed E-state index contributed by atoms with van der Waals surface area (Å²) in [6.07, 6.45) is -0.311. The van der Waals surface area contributed by atoms with E-state index in [0.29, 0.717) is 6.54 Å². The maximum Gasteiger partial charge on any atom is 0.319 e. The molecule has 0 N–H and O–H groups in total. The average molecular weight is 191 g/mol. The first-order valence-electron chi connectivity index (χ1n) is 3.95. The van der Waals surface area contributed by atoms with Gasteiger partial charge in [0, 0.05) is 20.8 Å². The Morgan fingerprint density at radius 3 is 2.23 bits per heavy atom. The van der Waals surface area contributed by atoms with Crippen molar-refractivity contribution in [2.45, 2.75) is 6.29 Å². The Labute approximate surface area is 78.6 Å². The van der Waals surface area contributed by atoms with Gasteiger partial charge in [0.25, 0.3) is 0 Å². The lowest BCUT2D eigenvalue weighted by Crippen LogP contribution is -2.35. The number of carbonyl (C=O) groups excluding carboxylic acids is 1. The van der Waals surface area contributed by atoms with Gasteiger partial charge in [-0.25, -0.2) is 0 Å². The lowest BCUT2D eigenvalue weighted by Gasteiger charge is -2.20. The van der Waals surface area contributed by atoms with Crippen LogP contribution >= 0.6 is 0 Å². The average Bonchev–Trinajstić information content (AvgIpc) is 2.13. The highest BCUT2D eigenvalue weighted by molar-refractivity contribution is 5.71. The molecule has 0 saturated carbocycles. The maximum absolute atomic E-state index is 10.8. The van der Waals surface area contributed by atoms with E-state index in [4.69, 9.17) is 9.47 Å². The zero-order valence-electron chi connectivity index (χ0n) is 8.57. The van der Waals surface area contributed by atoms with Crippen molar-refractivity contribution in [3.8, 4) is 0 Å². The molecule has 0 spiro atoms. The van der Waals surface area contributed by atoms with E-state index < -0.39 is 0 Å². The van der Waals surface area contributed by atoms with E-state index in [1.54, 1.807) is 26.2 Å². The van der Waals surface area contributed by atoms with Crippen LogP contribution in [-0.2, 0) is 19.0 Å². The van der Waals surface area contributed by atoms with Gasteiger partial charge < -0.3 is 14.2 Å². The van der Waals surface area contributed by atoms with Crippen LogP contribution in [0.5, 0.6) is 0 Å². The molecule has 0 saturated heterocycles. The Balaban J connectivity index is 3.71. The summed E-state index contributed by atoms with van der Waals surface area (Å²) < 4.78 is 14.4. The predicted molar refractivity (Wildman–Crippen MR) is 47.3 cm³/mol. The van der Waals surface area contributed by atoms with Gasteiger partial charge in [0.15, 0.2) is 6.29 Å². The Morgan fingerprint density at radius 2 is 1.85 bits per heavy atom. The lowest BCUT2D eigenvalue weighted by molar-refractivity contribution is -0.144. The highest BCUT2D eigenvalue weighted by atomic mass is 16.7. The van der Waals surface area contributed by atoms with E-state index in [2.05, 4.69) is 4.74 Å². The van der Waals surface area contributed by atoms with Crippen LogP contribution in [0.3, 0.4) is 0 Å². The summed E-state index contributed by atoms with van der Waals surface area (Å²) in [4.78, 5) is 12.6. The number of nitrogens with zero attached hydrogens (tertiary/aromatic N) is 1. The molecule has 0 heterocycles. The van der Waals surface area contributed by atoms with Crippen LogP contribution < -0.4 is 0 Å². The van der Waals surface area contributed by atoms with Crippen molar-refractivity contribution in [2.75, 3.05) is 41.5 Å². The third-order valence-corrected chi connectivity index (χ3v) is 1.61. The Bertz CT molecular complexity index is 147. The van der Waals surface area contributed by atoms with Gasteiger partial charge in [-0.05, 0) is 7.05 Å². The van der Waals surface area contributed by atoms with Crippen molar-refractivity contribution >= 4 is 5.97 Å². The molecule has 0 amide bonds. The van der Waals surface area contributed by atoms with Gasteiger partial charge in [-0.15, -0.1) is 0 Å². The summed E-state index contributed by atoms with van der Waals surface area (Å²) in [7, 11) is 6.27. The molecule has 5 heteroatoms. The third-order valence-electron chi connectivity index (χ3n) is 1.61. The quantitative estimate of drug-likeness (QED) is 0.426. The van der Waals surface area contributed by atoms with Crippen LogP contribution in [0.1, 0.15) is 0 Å². The highest BCUT2D eigenvalue weighted by Gasteiger charge is 2.12. The fourth-order valence-electron chi connectivity index (χ4n) is 0.849. The number of ether oxygens (including phenoxy) is 3. The second-order valence-corrected chi connectivity index (χ2v) is 2.67. The number of hydrogen-bond acceptors (Lipinski definition) is 5. The molecule has 5 nitrogen and oxygen atoms in total. The van der Waals surface area contributed by atoms with Gasteiger partial charge in [-0.2, -0.15) is 0 Å². The molecule has 0 fully saturated rings. The summed E-state index contributed by atoms with van der Waals surface area (Å²) in [6.45, 7) is 0.766. The first kappa shape index (κ1) is 12.3. The van der Waals surface area contributed by atoms with Crippen molar-refractivity contribution in [1.82, 2.24) is 4.90 Å². The van der Waals surface area contributed by atoms with E-state index >= 15 is 0 Å². The number of methoxy groups -OCH3 is 3. The molecule has 0 aromatic heterocycles. The topological polar surface area (TPSA) is 48.0 Å². The van der Waals surface area contributed by atoms with Gasteiger partial charge in [-0.1, -0.05) is 0 Å². The highest BCUT2D eigenvalue weighted by Crippen LogP contribution is 1.94. The molecule has 13 heavy (non-hydrogen) atoms. The summed E-state index contributed by atoms with van der Waals surface area (Å²) in [5, 5.41) is 0. The van der Waals surface area contributed by atoms with Crippen molar-refractivity contribution in [3.63, 3.8) is 0 Å². The molecule has 0 atom stereocenters. The van der Waals surface area contributed by atoms with Gasteiger partial charge >= 0.3 is 5.97 Å². The Hall–Kier alpha value is -0.650. The van der Waals surface area contributed by atoms with Crippen LogP contribution in [0.2, 0.25) is 0 Å². The third kappa shape index (κ3) is 5.57. The van der Waals surface area contributed by atoms with Gasteiger partial charge in [-0.3, -0.25) is 9.69 Å². The minimum Gasteiger partial charge on any atom is -0.468 e. The van der Waals surface area contributed by atoms with Crippen LogP contribution in [0.25, 0.3) is 0 Å². The lowest BCUT2D eigenvalue weighted by atomic mass is 10.5. The molecule has 0 aliphatic carbocycles. The number of hydrogen-bond donors (Lipinski definition) is 0. The number of esters is 1. The molecule has 0 rings (SSSR count). The van der Waals surface area contributed by atoms with Crippen LogP contribution in [0.4, 0.5) is 0 Å². The van der Waals surface area contributed by atoms with Crippen molar-refractivity contribution in [1.29, 1.82) is 0 Å². The second-order valence-electron chi connectivity index (χ2n) is 2.67. The molecule has 0 aromatic carbocycles. The molecule has 0 aliphatic heterocycles. The smallest absolute Gasteiger partial charge is 0.319 e. The Kier molecular flexibility index (Phi) is 6.48. The summed E-state index contributed by atoms with van der Waals surface area (Å²) in [5.41, 5.74) is 0. The van der Waals surface area contributed by atoms with Crippen molar-refractivity contribution < 1.29 is 19.0 Å². The fraction of sp³-hybridized carbons (Fsp3) is 0.875. The monoisotopic (exact) mass is 191 g/mol. The van der Waals surface area contributed by atoms with Gasteiger partial charge in [0.05, 0.1) is 13.7 Å². The van der Waals surface area contributed by atoms with E-state index in [1.807, 2.05) is 0 Å². The van der Waals surface area contributed by atoms with E-state index in [1.165, 1.54) is 7.11 Å². The first-order valence-corrected chi connectivity index (χ1v) is 3.95. The summed E-state index contributed by atoms with van der Waals surface area (Å²) >= 11 is 0. The largest absolute Gasteiger partial charge is 0.468 e. The molecule has 78 valence electrons. The molecule has 0 aliphatic rings. The zero-order valence-corrected chi connectivity index (χ0v) is 8.57. The number of rotatable bonds is 6. The SMILES string of the molecule is COC(=O)CN(C)CC(OC)OC. The predicted octanol–water partition coefficient (Wildman–Crippen LogP) is -0.290. The van der Waals surface area contributed by atoms with E-state index in [-0.39, 0.29) is 18.8 Å². The standard InChI is InChI=1S/C8H17NO4/c1-9(5-7(10)11-2)6-8(12-3)13-4/h8H,5-6H2,1-4H3. The molecule has 0 radical (unpaired) electrons. The van der Waals surface area contributed by atoms with Crippen LogP contribution in [-0.4, -0.2) is 58.6 Å².